The van der Waals surface area contributed by atoms with Gasteiger partial charge in [-0.2, -0.15) is 0 Å². The van der Waals surface area contributed by atoms with Crippen molar-refractivity contribution in [2.24, 2.45) is 0 Å². The number of Topliss-reactive ketones (excluding diaryl/α,β-unsaturated/α-hetero) is 1. The van der Waals surface area contributed by atoms with Crippen LogP contribution in [0.25, 0.3) is 0 Å². The molecule has 0 heterocycles. The predicted molar refractivity (Wildman–Crippen MR) is 146 cm³/mol. The van der Waals surface area contributed by atoms with Gasteiger partial charge in [-0.05, 0) is 56.3 Å². The average Bonchev–Trinajstić information content (AvgIpc) is 2.90. The van der Waals surface area contributed by atoms with Crippen molar-refractivity contribution in [3.8, 4) is 5.75 Å². The van der Waals surface area contributed by atoms with Crippen LogP contribution in [0.2, 0.25) is 0 Å². The maximum absolute atomic E-state index is 14.6. The Kier molecular flexibility index (Phi) is 8.99. The van der Waals surface area contributed by atoms with Gasteiger partial charge in [-0.1, -0.05) is 104 Å². The second kappa shape index (κ2) is 12.1. The first-order valence-corrected chi connectivity index (χ1v) is 11.9. The van der Waals surface area contributed by atoms with Gasteiger partial charge in [0, 0.05) is 11.6 Å². The number of allylic oxidation sites excluding steroid dienone is 2. The molecule has 0 aromatic heterocycles. The fourth-order valence-corrected chi connectivity index (χ4v) is 4.29. The summed E-state index contributed by atoms with van der Waals surface area (Å²) in [4.78, 5) is 16.7. The summed E-state index contributed by atoms with van der Waals surface area (Å²) in [5.74, 6) is 0.697. The molecule has 0 saturated carbocycles. The van der Waals surface area contributed by atoms with E-state index < -0.39 is 5.41 Å². The monoisotopic (exact) mass is 465 g/mol. The third kappa shape index (κ3) is 6.06. The molecule has 3 nitrogen and oxygen atoms in total. The zero-order chi connectivity index (χ0) is 25.3. The van der Waals surface area contributed by atoms with E-state index >= 15 is 0 Å². The highest BCUT2D eigenvalue weighted by molar-refractivity contribution is 6.06. The van der Waals surface area contributed by atoms with E-state index in [0.717, 1.165) is 16.7 Å². The van der Waals surface area contributed by atoms with E-state index in [9.17, 15) is 4.79 Å². The van der Waals surface area contributed by atoms with Crippen LogP contribution in [0.3, 0.4) is 0 Å². The number of nitrogens with zero attached hydrogens (tertiary/aromatic N) is 1. The highest BCUT2D eigenvalue weighted by atomic mass is 16.5. The SMILES string of the molecule is C=C/C=C(\C=C)COc1cccc(C(=O)C(C[C@H](C)N(C)C)(c2ccccc2)c2ccccc2)c1. The van der Waals surface area contributed by atoms with E-state index in [4.69, 9.17) is 4.74 Å². The maximum Gasteiger partial charge on any atom is 0.177 e. The number of hydrogen-bond acceptors (Lipinski definition) is 3. The van der Waals surface area contributed by atoms with Crippen LogP contribution in [-0.2, 0) is 5.41 Å². The highest BCUT2D eigenvalue weighted by Crippen LogP contribution is 2.41. The Bertz CT molecular complexity index is 1120. The molecule has 0 N–H and O–H groups in total. The van der Waals surface area contributed by atoms with Crippen LogP contribution in [0.15, 0.2) is 122 Å². The van der Waals surface area contributed by atoms with E-state index in [0.29, 0.717) is 24.3 Å². The fraction of sp³-hybridized carbons (Fsp3) is 0.219. The van der Waals surface area contributed by atoms with Crippen LogP contribution in [-0.4, -0.2) is 37.4 Å². The molecule has 1 atom stereocenters. The van der Waals surface area contributed by atoms with E-state index in [2.05, 4.69) is 63.3 Å². The standard InChI is InChI=1S/C32H35NO2/c1-6-15-26(7-2)24-35-30-21-14-16-27(22-30)31(34)32(23-25(3)33(4)5,28-17-10-8-11-18-28)29-19-12-9-13-20-29/h6-22,25H,1-2,23-24H2,3-5H3/b26-15+/t25-/m0/s1. The molecule has 0 aliphatic rings. The van der Waals surface area contributed by atoms with Crippen molar-refractivity contribution in [2.45, 2.75) is 24.8 Å². The maximum atomic E-state index is 14.6. The summed E-state index contributed by atoms with van der Waals surface area (Å²) in [6.07, 6.45) is 5.95. The summed E-state index contributed by atoms with van der Waals surface area (Å²) >= 11 is 0. The zero-order valence-corrected chi connectivity index (χ0v) is 21.0. The van der Waals surface area contributed by atoms with E-state index in [-0.39, 0.29) is 11.8 Å². The van der Waals surface area contributed by atoms with Crippen molar-refractivity contribution in [2.75, 3.05) is 20.7 Å². The number of carbonyl (C=O) groups excluding carboxylic acids is 1. The number of hydrogen-bond donors (Lipinski definition) is 0. The second-order valence-corrected chi connectivity index (χ2v) is 8.98. The van der Waals surface area contributed by atoms with Gasteiger partial charge in [0.2, 0.25) is 0 Å². The van der Waals surface area contributed by atoms with Crippen LogP contribution < -0.4 is 4.74 Å². The molecule has 3 aromatic carbocycles. The molecule has 0 fully saturated rings. The van der Waals surface area contributed by atoms with Crippen LogP contribution in [0.1, 0.15) is 34.8 Å². The molecule has 0 saturated heterocycles. The lowest BCUT2D eigenvalue weighted by Crippen LogP contribution is -2.43. The van der Waals surface area contributed by atoms with Gasteiger partial charge >= 0.3 is 0 Å². The first kappa shape index (κ1) is 25.9. The lowest BCUT2D eigenvalue weighted by molar-refractivity contribution is 0.0882. The molecule has 0 aliphatic carbocycles. The number of rotatable bonds is 12. The summed E-state index contributed by atoms with van der Waals surface area (Å²) in [6, 6.07) is 27.9. The molecule has 35 heavy (non-hydrogen) atoms. The van der Waals surface area contributed by atoms with Gasteiger partial charge in [0.25, 0.3) is 0 Å². The molecular formula is C32H35NO2. The molecule has 0 aliphatic heterocycles. The Morgan fingerprint density at radius 1 is 0.943 bits per heavy atom. The van der Waals surface area contributed by atoms with Crippen molar-refractivity contribution in [1.29, 1.82) is 0 Å². The molecule has 0 bridgehead atoms. The van der Waals surface area contributed by atoms with Gasteiger partial charge in [0.05, 0.1) is 5.41 Å². The van der Waals surface area contributed by atoms with Crippen molar-refractivity contribution >= 4 is 5.78 Å². The summed E-state index contributed by atoms with van der Waals surface area (Å²) < 4.78 is 6.00. The van der Waals surface area contributed by atoms with Gasteiger partial charge in [-0.3, -0.25) is 4.79 Å². The Morgan fingerprint density at radius 2 is 1.54 bits per heavy atom. The van der Waals surface area contributed by atoms with Gasteiger partial charge in [0.1, 0.15) is 12.4 Å². The third-order valence-electron chi connectivity index (χ3n) is 6.50. The Hall–Kier alpha value is -3.69. The van der Waals surface area contributed by atoms with Crippen LogP contribution in [0.5, 0.6) is 5.75 Å². The van der Waals surface area contributed by atoms with Crippen LogP contribution in [0, 0.1) is 0 Å². The second-order valence-electron chi connectivity index (χ2n) is 8.98. The number of benzene rings is 3. The van der Waals surface area contributed by atoms with E-state index in [1.54, 1.807) is 12.2 Å². The normalized spacial score (nSPS) is 12.7. The minimum absolute atomic E-state index is 0.0552. The van der Waals surface area contributed by atoms with Crippen LogP contribution in [0.4, 0.5) is 0 Å². The number of ketones is 1. The van der Waals surface area contributed by atoms with Crippen molar-refractivity contribution in [3.63, 3.8) is 0 Å². The molecule has 3 rings (SSSR count). The molecule has 0 unspecified atom stereocenters. The topological polar surface area (TPSA) is 29.5 Å². The first-order valence-electron chi connectivity index (χ1n) is 11.9. The van der Waals surface area contributed by atoms with Gasteiger partial charge < -0.3 is 9.64 Å². The summed E-state index contributed by atoms with van der Waals surface area (Å²) in [6.45, 7) is 10.1. The average molecular weight is 466 g/mol. The third-order valence-corrected chi connectivity index (χ3v) is 6.50. The number of ether oxygens (including phenoxy) is 1. The molecule has 3 aromatic rings. The molecular weight excluding hydrogens is 430 g/mol. The van der Waals surface area contributed by atoms with E-state index in [1.165, 1.54) is 0 Å². The minimum Gasteiger partial charge on any atom is -0.489 e. The largest absolute Gasteiger partial charge is 0.489 e. The molecule has 0 spiro atoms. The Labute approximate surface area is 210 Å². The zero-order valence-electron chi connectivity index (χ0n) is 21.0. The molecule has 180 valence electrons. The van der Waals surface area contributed by atoms with Crippen molar-refractivity contribution < 1.29 is 9.53 Å². The quantitative estimate of drug-likeness (QED) is 0.216. The van der Waals surface area contributed by atoms with Gasteiger partial charge in [0.15, 0.2) is 5.78 Å². The molecule has 0 amide bonds. The van der Waals surface area contributed by atoms with Crippen LogP contribution >= 0.6 is 0 Å². The smallest absolute Gasteiger partial charge is 0.177 e. The van der Waals surface area contributed by atoms with Gasteiger partial charge in [-0.15, -0.1) is 0 Å². The van der Waals surface area contributed by atoms with E-state index in [1.807, 2.05) is 66.7 Å². The molecule has 0 radical (unpaired) electrons. The summed E-state index contributed by atoms with van der Waals surface area (Å²) in [5.41, 5.74) is 2.66. The highest BCUT2D eigenvalue weighted by Gasteiger charge is 2.43. The lowest BCUT2D eigenvalue weighted by Gasteiger charge is -2.38. The molecule has 3 heteroatoms. The van der Waals surface area contributed by atoms with Crippen molar-refractivity contribution in [1.82, 2.24) is 4.90 Å². The lowest BCUT2D eigenvalue weighted by atomic mass is 9.66. The van der Waals surface area contributed by atoms with Crippen molar-refractivity contribution in [3.05, 3.63) is 139 Å². The Morgan fingerprint density at radius 3 is 2.06 bits per heavy atom. The summed E-state index contributed by atoms with van der Waals surface area (Å²) in [5, 5.41) is 0. The Balaban J connectivity index is 2.12. The number of carbonyl (C=O) groups is 1. The van der Waals surface area contributed by atoms with Gasteiger partial charge in [-0.25, -0.2) is 0 Å². The fourth-order valence-electron chi connectivity index (χ4n) is 4.29. The summed E-state index contributed by atoms with van der Waals surface area (Å²) in [7, 11) is 4.11. The minimum atomic E-state index is -0.847. The predicted octanol–water partition coefficient (Wildman–Crippen LogP) is 6.87. The first-order chi connectivity index (χ1) is 16.9.